The maximum atomic E-state index is 14.1. The highest BCUT2D eigenvalue weighted by Crippen LogP contribution is 2.30. The van der Waals surface area contributed by atoms with Gasteiger partial charge in [0.2, 0.25) is 11.7 Å². The molecule has 0 spiro atoms. The number of carbonyl (C=O) groups is 5. The Morgan fingerprint density at radius 3 is 2.39 bits per heavy atom. The summed E-state index contributed by atoms with van der Waals surface area (Å²) in [6.07, 6.45) is 2.09. The third-order valence-corrected chi connectivity index (χ3v) is 9.47. The fourth-order valence-corrected chi connectivity index (χ4v) is 6.25. The summed E-state index contributed by atoms with van der Waals surface area (Å²) in [6.45, 7) is 3.66. The van der Waals surface area contributed by atoms with E-state index in [2.05, 4.69) is 31.5 Å². The molecule has 54 heavy (non-hydrogen) atoms. The van der Waals surface area contributed by atoms with Gasteiger partial charge < -0.3 is 40.4 Å². The molecule has 3 heterocycles. The summed E-state index contributed by atoms with van der Waals surface area (Å²) < 4.78 is 6.66. The Hall–Kier alpha value is -6.33. The van der Waals surface area contributed by atoms with E-state index in [0.717, 1.165) is 6.42 Å². The number of hydrogen-bond acceptors (Lipinski definition) is 10. The Morgan fingerprint density at radius 1 is 0.944 bits per heavy atom. The summed E-state index contributed by atoms with van der Waals surface area (Å²) in [5.74, 6) is -3.90. The normalized spacial score (nSPS) is 14.8. The van der Waals surface area contributed by atoms with Crippen LogP contribution in [0.25, 0.3) is 16.7 Å². The number of anilines is 3. The number of aromatic nitrogens is 4. The number of halogens is 1. The SMILES string of the molecule is CC[C@H](C)[C@@H](CO)NC(=O)Nc1ccc(CC(C(=O)Nc2ccc3oc(C(=O)O)cc3c2)N2CCN(c3cc(Cl)ccc3-n3cnnn3)C(=O)C2=O)cc1. The van der Waals surface area contributed by atoms with Crippen LogP contribution >= 0.6 is 11.6 Å². The molecule has 1 fully saturated rings. The van der Waals surface area contributed by atoms with Crippen molar-refractivity contribution < 1.29 is 38.6 Å². The van der Waals surface area contributed by atoms with Crippen molar-refractivity contribution in [1.82, 2.24) is 30.4 Å². The van der Waals surface area contributed by atoms with Crippen LogP contribution < -0.4 is 20.9 Å². The van der Waals surface area contributed by atoms with Gasteiger partial charge in [0.1, 0.15) is 18.0 Å². The average molecular weight is 758 g/mol. The van der Waals surface area contributed by atoms with Crippen molar-refractivity contribution in [2.45, 2.75) is 38.8 Å². The van der Waals surface area contributed by atoms with Crippen molar-refractivity contribution in [2.24, 2.45) is 5.92 Å². The standard InChI is InChI=1S/C36H36ClN9O8/c1-3-20(2)26(18-47)41-36(53)40-24-7-4-21(5-8-24)14-29(32(48)39-25-9-11-30-22(15-25)16-31(54-30)35(51)52)45-13-12-44(33(49)34(45)50)28-17-23(37)6-10-27(28)46-19-38-42-43-46/h4-11,15-17,19-20,26,29,47H,3,12-14,18H2,1-2H3,(H,39,48)(H,51,52)(H2,40,41,53)/t20-,26+,29?/m0/s1. The summed E-state index contributed by atoms with van der Waals surface area (Å²) in [4.78, 5) is 68.3. The lowest BCUT2D eigenvalue weighted by molar-refractivity contribution is -0.149. The molecule has 0 bridgehead atoms. The van der Waals surface area contributed by atoms with Crippen LogP contribution in [0.4, 0.5) is 21.9 Å². The van der Waals surface area contributed by atoms with Crippen molar-refractivity contribution in [1.29, 1.82) is 0 Å². The molecule has 3 atom stereocenters. The molecule has 1 aliphatic heterocycles. The summed E-state index contributed by atoms with van der Waals surface area (Å²) in [5, 5.41) is 39.3. The minimum Gasteiger partial charge on any atom is -0.475 e. The predicted molar refractivity (Wildman–Crippen MR) is 196 cm³/mol. The van der Waals surface area contributed by atoms with Gasteiger partial charge in [-0.15, -0.1) is 5.10 Å². The number of nitrogens with one attached hydrogen (secondary N) is 3. The summed E-state index contributed by atoms with van der Waals surface area (Å²) in [7, 11) is 0. The third-order valence-electron chi connectivity index (χ3n) is 9.24. The zero-order chi connectivity index (χ0) is 38.5. The van der Waals surface area contributed by atoms with Gasteiger partial charge in [0.25, 0.3) is 0 Å². The molecule has 5 N–H and O–H groups in total. The van der Waals surface area contributed by atoms with Gasteiger partial charge in [-0.3, -0.25) is 14.4 Å². The number of tetrazole rings is 1. The highest BCUT2D eigenvalue weighted by Gasteiger charge is 2.40. The van der Waals surface area contributed by atoms with Gasteiger partial charge in [0, 0.05) is 41.3 Å². The molecule has 1 saturated heterocycles. The van der Waals surface area contributed by atoms with Crippen molar-refractivity contribution in [3.8, 4) is 5.69 Å². The lowest BCUT2D eigenvalue weighted by atomic mass is 10.0. The molecule has 0 radical (unpaired) electrons. The average Bonchev–Trinajstić information content (AvgIpc) is 3.85. The van der Waals surface area contributed by atoms with E-state index in [1.54, 1.807) is 42.5 Å². The Labute approximate surface area is 312 Å². The Morgan fingerprint density at radius 2 is 1.70 bits per heavy atom. The summed E-state index contributed by atoms with van der Waals surface area (Å²) in [5.41, 5.74) is 2.38. The van der Waals surface area contributed by atoms with E-state index >= 15 is 0 Å². The fraction of sp³-hybridized carbons (Fsp3) is 0.278. The van der Waals surface area contributed by atoms with Crippen molar-refractivity contribution in [3.05, 3.63) is 89.4 Å². The molecule has 18 heteroatoms. The smallest absolute Gasteiger partial charge is 0.371 e. The molecule has 280 valence electrons. The number of amides is 5. The first-order chi connectivity index (χ1) is 25.9. The van der Waals surface area contributed by atoms with Gasteiger partial charge in [-0.25, -0.2) is 9.59 Å². The van der Waals surface area contributed by atoms with Crippen molar-refractivity contribution >= 4 is 69.4 Å². The first-order valence-electron chi connectivity index (χ1n) is 17.0. The minimum absolute atomic E-state index is 0.00617. The number of aliphatic hydroxyl groups is 1. The highest BCUT2D eigenvalue weighted by atomic mass is 35.5. The molecule has 3 aromatic carbocycles. The second-order valence-corrected chi connectivity index (χ2v) is 13.1. The van der Waals surface area contributed by atoms with Gasteiger partial charge in [0.15, 0.2) is 0 Å². The quantitative estimate of drug-likeness (QED) is 0.109. The van der Waals surface area contributed by atoms with E-state index in [9.17, 15) is 34.2 Å². The molecule has 17 nitrogen and oxygen atoms in total. The number of piperazine rings is 1. The van der Waals surface area contributed by atoms with Crippen LogP contribution in [-0.4, -0.2) is 96.8 Å². The number of carbonyl (C=O) groups excluding carboxylic acids is 4. The summed E-state index contributed by atoms with van der Waals surface area (Å²) in [6, 6.07) is 15.2. The number of carboxylic acid groups (broad SMARTS) is 1. The number of fused-ring (bicyclic) bond motifs is 1. The number of benzene rings is 3. The van der Waals surface area contributed by atoms with E-state index < -0.39 is 41.8 Å². The van der Waals surface area contributed by atoms with E-state index in [1.165, 1.54) is 45.1 Å². The Balaban J connectivity index is 1.25. The number of carboxylic acids is 1. The largest absolute Gasteiger partial charge is 0.475 e. The van der Waals surface area contributed by atoms with Crippen LogP contribution in [0, 0.1) is 5.92 Å². The maximum Gasteiger partial charge on any atom is 0.371 e. The molecule has 0 aliphatic carbocycles. The van der Waals surface area contributed by atoms with Crippen LogP contribution in [0.3, 0.4) is 0 Å². The first-order valence-corrected chi connectivity index (χ1v) is 17.3. The van der Waals surface area contributed by atoms with Crippen LogP contribution in [-0.2, 0) is 20.8 Å². The van der Waals surface area contributed by atoms with E-state index in [1.807, 2.05) is 13.8 Å². The van der Waals surface area contributed by atoms with Gasteiger partial charge >= 0.3 is 23.8 Å². The molecule has 6 rings (SSSR count). The molecular weight excluding hydrogens is 722 g/mol. The number of aromatic carboxylic acids is 1. The second kappa shape index (κ2) is 16.1. The van der Waals surface area contributed by atoms with E-state index in [-0.39, 0.29) is 37.8 Å². The third kappa shape index (κ3) is 8.16. The molecule has 0 saturated carbocycles. The van der Waals surface area contributed by atoms with Crippen molar-refractivity contribution in [2.75, 3.05) is 35.2 Å². The molecule has 5 amide bonds. The van der Waals surface area contributed by atoms with Crippen LogP contribution in [0.1, 0.15) is 36.4 Å². The lowest BCUT2D eigenvalue weighted by Crippen LogP contribution is -2.60. The predicted octanol–water partition coefficient (Wildman–Crippen LogP) is 3.71. The Bertz CT molecular complexity index is 2190. The fourth-order valence-electron chi connectivity index (χ4n) is 6.09. The maximum absolute atomic E-state index is 14.1. The number of rotatable bonds is 13. The molecular formula is C36H36ClN9O8. The molecule has 5 aromatic rings. The second-order valence-electron chi connectivity index (χ2n) is 12.7. The highest BCUT2D eigenvalue weighted by molar-refractivity contribution is 6.41. The van der Waals surface area contributed by atoms with Gasteiger partial charge in [0.05, 0.1) is 24.0 Å². The zero-order valence-electron chi connectivity index (χ0n) is 29.1. The molecule has 1 unspecified atom stereocenters. The minimum atomic E-state index is -1.25. The monoisotopic (exact) mass is 757 g/mol. The number of furan rings is 1. The number of urea groups is 1. The van der Waals surface area contributed by atoms with Crippen LogP contribution in [0.2, 0.25) is 5.02 Å². The van der Waals surface area contributed by atoms with Gasteiger partial charge in [-0.1, -0.05) is 44.0 Å². The molecule has 1 aliphatic rings. The molecule has 2 aromatic heterocycles. The number of hydrogen-bond donors (Lipinski definition) is 5. The van der Waals surface area contributed by atoms with Gasteiger partial charge in [-0.2, -0.15) is 4.68 Å². The Kier molecular flexibility index (Phi) is 11.2. The van der Waals surface area contributed by atoms with Crippen molar-refractivity contribution in [3.63, 3.8) is 0 Å². The van der Waals surface area contributed by atoms with E-state index in [0.29, 0.717) is 44.3 Å². The zero-order valence-corrected chi connectivity index (χ0v) is 29.9. The van der Waals surface area contributed by atoms with E-state index in [4.69, 9.17) is 16.0 Å². The van der Waals surface area contributed by atoms with Gasteiger partial charge in [-0.05, 0) is 76.5 Å². The van der Waals surface area contributed by atoms with Crippen LogP contribution in [0.5, 0.6) is 0 Å². The number of aliphatic hydroxyl groups excluding tert-OH is 1. The van der Waals surface area contributed by atoms with Crippen LogP contribution in [0.15, 0.2) is 77.5 Å². The topological polar surface area (TPSA) is 225 Å². The lowest BCUT2D eigenvalue weighted by Gasteiger charge is -2.38. The number of nitrogens with zero attached hydrogens (tertiary/aromatic N) is 6. The first kappa shape index (κ1) is 37.4. The summed E-state index contributed by atoms with van der Waals surface area (Å²) >= 11 is 6.29.